The number of carbonyl (C=O) groups excluding carboxylic acids is 1. The van der Waals surface area contributed by atoms with E-state index in [-0.39, 0.29) is 5.91 Å². The molecule has 0 saturated heterocycles. The van der Waals surface area contributed by atoms with Gasteiger partial charge in [-0.2, -0.15) is 0 Å². The third kappa shape index (κ3) is 4.22. The van der Waals surface area contributed by atoms with Gasteiger partial charge in [0.05, 0.1) is 6.67 Å². The van der Waals surface area contributed by atoms with Crippen LogP contribution in [0.2, 0.25) is 5.02 Å². The second kappa shape index (κ2) is 6.92. The Balaban J connectivity index is 1.82. The minimum Gasteiger partial charge on any atom is -0.339 e. The molecule has 1 aromatic carbocycles. The van der Waals surface area contributed by atoms with Crippen molar-refractivity contribution in [2.24, 2.45) is 0 Å². The van der Waals surface area contributed by atoms with Gasteiger partial charge in [-0.3, -0.25) is 9.69 Å². The molecule has 0 aromatic heterocycles. The molecule has 4 heteroatoms. The van der Waals surface area contributed by atoms with Crippen molar-refractivity contribution in [3.8, 4) is 0 Å². The number of nitrogens with one attached hydrogen (secondary N) is 1. The minimum atomic E-state index is -0.0647. The molecule has 1 amide bonds. The molecule has 19 heavy (non-hydrogen) atoms. The molecular formula is C15H21ClN2O. The van der Waals surface area contributed by atoms with Crippen LogP contribution in [0.15, 0.2) is 24.3 Å². The average molecular weight is 281 g/mol. The van der Waals surface area contributed by atoms with E-state index in [0.29, 0.717) is 23.3 Å². The molecule has 1 aliphatic rings. The second-order valence-corrected chi connectivity index (χ2v) is 5.66. The lowest BCUT2D eigenvalue weighted by atomic mass is 9.95. The van der Waals surface area contributed by atoms with E-state index in [1.807, 2.05) is 0 Å². The van der Waals surface area contributed by atoms with E-state index >= 15 is 0 Å². The molecule has 3 nitrogen and oxygen atoms in total. The van der Waals surface area contributed by atoms with Gasteiger partial charge in [-0.1, -0.05) is 36.9 Å². The summed E-state index contributed by atoms with van der Waals surface area (Å²) in [6, 6.07) is 7.64. The SMILES string of the molecule is CN(CNC(=O)c1cccc(Cl)c1)C1CCCCC1. The predicted octanol–water partition coefficient (Wildman–Crippen LogP) is 3.29. The van der Waals surface area contributed by atoms with Crippen LogP contribution in [0.3, 0.4) is 0 Å². The van der Waals surface area contributed by atoms with E-state index in [2.05, 4.69) is 17.3 Å². The number of benzene rings is 1. The van der Waals surface area contributed by atoms with Gasteiger partial charge in [0.25, 0.3) is 5.91 Å². The zero-order valence-corrected chi connectivity index (χ0v) is 12.1. The molecule has 0 spiro atoms. The van der Waals surface area contributed by atoms with Crippen molar-refractivity contribution in [3.63, 3.8) is 0 Å². The first-order valence-electron chi connectivity index (χ1n) is 6.91. The Bertz CT molecular complexity index is 430. The van der Waals surface area contributed by atoms with Crippen molar-refractivity contribution >= 4 is 17.5 Å². The molecule has 1 N–H and O–H groups in total. The molecule has 0 heterocycles. The van der Waals surface area contributed by atoms with Crippen LogP contribution in [0, 0.1) is 0 Å². The summed E-state index contributed by atoms with van der Waals surface area (Å²) in [5, 5.41) is 3.54. The monoisotopic (exact) mass is 280 g/mol. The van der Waals surface area contributed by atoms with Gasteiger partial charge in [0, 0.05) is 16.6 Å². The molecule has 104 valence electrons. The zero-order chi connectivity index (χ0) is 13.7. The summed E-state index contributed by atoms with van der Waals surface area (Å²) >= 11 is 5.88. The third-order valence-electron chi connectivity index (χ3n) is 3.77. The largest absolute Gasteiger partial charge is 0.339 e. The number of carbonyl (C=O) groups is 1. The van der Waals surface area contributed by atoms with Crippen LogP contribution in [-0.2, 0) is 0 Å². The lowest BCUT2D eigenvalue weighted by molar-refractivity contribution is 0.0905. The maximum Gasteiger partial charge on any atom is 0.252 e. The molecular weight excluding hydrogens is 260 g/mol. The summed E-state index contributed by atoms with van der Waals surface area (Å²) in [6.45, 7) is 0.593. The van der Waals surface area contributed by atoms with E-state index in [4.69, 9.17) is 11.6 Å². The summed E-state index contributed by atoms with van der Waals surface area (Å²) in [7, 11) is 2.08. The van der Waals surface area contributed by atoms with Crippen LogP contribution in [0.1, 0.15) is 42.5 Å². The summed E-state index contributed by atoms with van der Waals surface area (Å²) in [5.41, 5.74) is 0.615. The van der Waals surface area contributed by atoms with Crippen molar-refractivity contribution < 1.29 is 4.79 Å². The van der Waals surface area contributed by atoms with E-state index in [1.54, 1.807) is 24.3 Å². The van der Waals surface area contributed by atoms with Gasteiger partial charge in [0.2, 0.25) is 0 Å². The van der Waals surface area contributed by atoms with Crippen molar-refractivity contribution in [3.05, 3.63) is 34.9 Å². The van der Waals surface area contributed by atoms with E-state index in [0.717, 1.165) is 0 Å². The first-order chi connectivity index (χ1) is 9.16. The van der Waals surface area contributed by atoms with Crippen molar-refractivity contribution in [2.75, 3.05) is 13.7 Å². The fourth-order valence-corrected chi connectivity index (χ4v) is 2.77. The topological polar surface area (TPSA) is 32.3 Å². The second-order valence-electron chi connectivity index (χ2n) is 5.22. The van der Waals surface area contributed by atoms with Gasteiger partial charge >= 0.3 is 0 Å². The van der Waals surface area contributed by atoms with Gasteiger partial charge in [0.1, 0.15) is 0 Å². The zero-order valence-electron chi connectivity index (χ0n) is 11.4. The normalized spacial score (nSPS) is 16.6. The minimum absolute atomic E-state index is 0.0647. The van der Waals surface area contributed by atoms with Gasteiger partial charge in [-0.15, -0.1) is 0 Å². The number of rotatable bonds is 4. The Kier molecular flexibility index (Phi) is 5.23. The first kappa shape index (κ1) is 14.4. The average Bonchev–Trinajstić information content (AvgIpc) is 2.45. The highest BCUT2D eigenvalue weighted by Crippen LogP contribution is 2.21. The molecule has 0 atom stereocenters. The standard InChI is InChI=1S/C15H21ClN2O/c1-18(14-8-3-2-4-9-14)11-17-15(19)12-6-5-7-13(16)10-12/h5-7,10,14H,2-4,8-9,11H2,1H3,(H,17,19). The van der Waals surface area contributed by atoms with Crippen molar-refractivity contribution in [1.82, 2.24) is 10.2 Å². The van der Waals surface area contributed by atoms with E-state index < -0.39 is 0 Å². The van der Waals surface area contributed by atoms with Gasteiger partial charge < -0.3 is 5.32 Å². The van der Waals surface area contributed by atoms with E-state index in [1.165, 1.54) is 32.1 Å². The Morgan fingerprint density at radius 3 is 2.79 bits per heavy atom. The molecule has 0 unspecified atom stereocenters. The highest BCUT2D eigenvalue weighted by Gasteiger charge is 2.18. The van der Waals surface area contributed by atoms with Crippen LogP contribution in [0.25, 0.3) is 0 Å². The quantitative estimate of drug-likeness (QED) is 0.859. The Morgan fingerprint density at radius 2 is 2.11 bits per heavy atom. The Morgan fingerprint density at radius 1 is 1.37 bits per heavy atom. The summed E-state index contributed by atoms with van der Waals surface area (Å²) in [4.78, 5) is 14.2. The van der Waals surface area contributed by atoms with Gasteiger partial charge in [-0.25, -0.2) is 0 Å². The summed E-state index contributed by atoms with van der Waals surface area (Å²) in [5.74, 6) is -0.0647. The molecule has 0 radical (unpaired) electrons. The van der Waals surface area contributed by atoms with Crippen LogP contribution < -0.4 is 5.32 Å². The first-order valence-corrected chi connectivity index (χ1v) is 7.28. The van der Waals surface area contributed by atoms with Crippen LogP contribution in [0.4, 0.5) is 0 Å². The lowest BCUT2D eigenvalue weighted by Gasteiger charge is -2.31. The molecule has 2 rings (SSSR count). The highest BCUT2D eigenvalue weighted by atomic mass is 35.5. The Labute approximate surface area is 119 Å². The maximum atomic E-state index is 12.0. The predicted molar refractivity (Wildman–Crippen MR) is 78.4 cm³/mol. The number of hydrogen-bond acceptors (Lipinski definition) is 2. The molecule has 1 fully saturated rings. The number of amides is 1. The highest BCUT2D eigenvalue weighted by molar-refractivity contribution is 6.30. The third-order valence-corrected chi connectivity index (χ3v) is 4.01. The molecule has 0 aliphatic heterocycles. The molecule has 0 bridgehead atoms. The fourth-order valence-electron chi connectivity index (χ4n) is 2.58. The van der Waals surface area contributed by atoms with Gasteiger partial charge in [0.15, 0.2) is 0 Å². The maximum absolute atomic E-state index is 12.0. The van der Waals surface area contributed by atoms with E-state index in [9.17, 15) is 4.79 Å². The number of halogens is 1. The summed E-state index contributed by atoms with van der Waals surface area (Å²) < 4.78 is 0. The fraction of sp³-hybridized carbons (Fsp3) is 0.533. The van der Waals surface area contributed by atoms with Gasteiger partial charge in [-0.05, 0) is 38.1 Å². The summed E-state index contributed by atoms with van der Waals surface area (Å²) in [6.07, 6.45) is 6.43. The molecule has 1 saturated carbocycles. The van der Waals surface area contributed by atoms with Crippen LogP contribution >= 0.6 is 11.6 Å². The van der Waals surface area contributed by atoms with Crippen LogP contribution in [0.5, 0.6) is 0 Å². The van der Waals surface area contributed by atoms with Crippen LogP contribution in [-0.4, -0.2) is 30.6 Å². The smallest absolute Gasteiger partial charge is 0.252 e. The Hall–Kier alpha value is -1.06. The molecule has 1 aliphatic carbocycles. The lowest BCUT2D eigenvalue weighted by Crippen LogP contribution is -2.42. The molecule has 1 aromatic rings. The number of nitrogens with zero attached hydrogens (tertiary/aromatic N) is 1. The van der Waals surface area contributed by atoms with Crippen molar-refractivity contribution in [1.29, 1.82) is 0 Å². The van der Waals surface area contributed by atoms with Crippen molar-refractivity contribution in [2.45, 2.75) is 38.1 Å². The number of hydrogen-bond donors (Lipinski definition) is 1.